The molecule has 2 aromatic carbocycles. The van der Waals surface area contributed by atoms with E-state index in [0.717, 1.165) is 10.0 Å². The zero-order chi connectivity index (χ0) is 15.9. The Morgan fingerprint density at radius 1 is 1.09 bits per heavy atom. The number of nitrogens with one attached hydrogen (secondary N) is 1. The van der Waals surface area contributed by atoms with Gasteiger partial charge >= 0.3 is 0 Å². The number of carbonyl (C=O) groups is 1. The Bertz CT molecular complexity index is 698. The Hall–Kier alpha value is -2.27. The minimum absolute atomic E-state index is 0.244. The second kappa shape index (κ2) is 7.66. The topological polar surface area (TPSA) is 47.6 Å². The number of benzene rings is 2. The number of carbonyl (C=O) groups excluding carboxylic acids is 1. The van der Waals surface area contributed by atoms with Gasteiger partial charge in [0.05, 0.1) is 19.9 Å². The molecule has 1 N–H and O–H groups in total. The Labute approximate surface area is 137 Å². The van der Waals surface area contributed by atoms with E-state index in [-0.39, 0.29) is 5.91 Å². The molecule has 0 saturated carbocycles. The van der Waals surface area contributed by atoms with Crippen LogP contribution in [0.4, 0.5) is 5.69 Å². The fourth-order valence-electron chi connectivity index (χ4n) is 1.92. The summed E-state index contributed by atoms with van der Waals surface area (Å²) in [5.41, 5.74) is 1.44. The smallest absolute Gasteiger partial charge is 0.248 e. The first kappa shape index (κ1) is 16.1. The molecule has 0 aliphatic rings. The molecule has 0 aliphatic carbocycles. The summed E-state index contributed by atoms with van der Waals surface area (Å²) in [6.45, 7) is 0. The van der Waals surface area contributed by atoms with Crippen LogP contribution in [0.3, 0.4) is 0 Å². The van der Waals surface area contributed by atoms with E-state index in [1.807, 2.05) is 30.3 Å². The summed E-state index contributed by atoms with van der Waals surface area (Å²) in [4.78, 5) is 12.0. The van der Waals surface area contributed by atoms with Crippen molar-refractivity contribution in [3.05, 3.63) is 58.6 Å². The van der Waals surface area contributed by atoms with Gasteiger partial charge in [-0.25, -0.2) is 0 Å². The SMILES string of the molecule is COc1ccc(Br)cc1C=CC(=O)Nc1ccccc1OC. The van der Waals surface area contributed by atoms with Gasteiger partial charge in [-0.15, -0.1) is 0 Å². The maximum Gasteiger partial charge on any atom is 0.248 e. The summed E-state index contributed by atoms with van der Waals surface area (Å²) in [5.74, 6) is 1.07. The number of hydrogen-bond acceptors (Lipinski definition) is 3. The van der Waals surface area contributed by atoms with Crippen LogP contribution in [0, 0.1) is 0 Å². The third-order valence-corrected chi connectivity index (χ3v) is 3.46. The Kier molecular flexibility index (Phi) is 5.61. The number of methoxy groups -OCH3 is 2. The minimum Gasteiger partial charge on any atom is -0.496 e. The van der Waals surface area contributed by atoms with Gasteiger partial charge in [0.1, 0.15) is 11.5 Å². The predicted octanol–water partition coefficient (Wildman–Crippen LogP) is 4.12. The highest BCUT2D eigenvalue weighted by atomic mass is 79.9. The maximum atomic E-state index is 12.0. The van der Waals surface area contributed by atoms with Crippen molar-refractivity contribution in [2.45, 2.75) is 0 Å². The number of rotatable bonds is 5. The molecule has 5 heteroatoms. The lowest BCUT2D eigenvalue weighted by molar-refractivity contribution is -0.111. The minimum atomic E-state index is -0.244. The van der Waals surface area contributed by atoms with Gasteiger partial charge in [0, 0.05) is 16.1 Å². The molecule has 0 aromatic heterocycles. The average Bonchev–Trinajstić information content (AvgIpc) is 2.53. The molecule has 0 atom stereocenters. The molecule has 0 saturated heterocycles. The van der Waals surface area contributed by atoms with Crippen molar-refractivity contribution in [2.75, 3.05) is 19.5 Å². The Morgan fingerprint density at radius 3 is 2.55 bits per heavy atom. The van der Waals surface area contributed by atoms with E-state index in [1.165, 1.54) is 6.08 Å². The third-order valence-electron chi connectivity index (χ3n) is 2.97. The summed E-state index contributed by atoms with van der Waals surface area (Å²) in [7, 11) is 3.16. The lowest BCUT2D eigenvalue weighted by Gasteiger charge is -2.08. The Morgan fingerprint density at radius 2 is 1.82 bits per heavy atom. The van der Waals surface area contributed by atoms with Crippen molar-refractivity contribution in [2.24, 2.45) is 0 Å². The standard InChI is InChI=1S/C17H16BrNO3/c1-21-15-9-8-13(18)11-12(15)7-10-17(20)19-14-5-3-4-6-16(14)22-2/h3-11H,1-2H3,(H,19,20). The van der Waals surface area contributed by atoms with Crippen LogP contribution in [0.25, 0.3) is 6.08 Å². The van der Waals surface area contributed by atoms with Crippen LogP contribution < -0.4 is 14.8 Å². The molecular weight excluding hydrogens is 346 g/mol. The van der Waals surface area contributed by atoms with Crippen molar-refractivity contribution < 1.29 is 14.3 Å². The predicted molar refractivity (Wildman–Crippen MR) is 91.4 cm³/mol. The highest BCUT2D eigenvalue weighted by Gasteiger charge is 2.05. The fraction of sp³-hybridized carbons (Fsp3) is 0.118. The molecule has 0 heterocycles. The number of halogens is 1. The van der Waals surface area contributed by atoms with Gasteiger partial charge < -0.3 is 14.8 Å². The highest BCUT2D eigenvalue weighted by Crippen LogP contribution is 2.25. The first-order chi connectivity index (χ1) is 10.6. The van der Waals surface area contributed by atoms with Crippen molar-refractivity contribution in [1.29, 1.82) is 0 Å². The second-order valence-corrected chi connectivity index (χ2v) is 5.32. The zero-order valence-electron chi connectivity index (χ0n) is 12.3. The van der Waals surface area contributed by atoms with E-state index in [0.29, 0.717) is 17.2 Å². The van der Waals surface area contributed by atoms with Gasteiger partial charge in [-0.3, -0.25) is 4.79 Å². The summed E-state index contributed by atoms with van der Waals surface area (Å²) < 4.78 is 11.4. The highest BCUT2D eigenvalue weighted by molar-refractivity contribution is 9.10. The molecule has 0 bridgehead atoms. The number of amides is 1. The first-order valence-corrected chi connectivity index (χ1v) is 7.39. The molecule has 4 nitrogen and oxygen atoms in total. The number of ether oxygens (including phenoxy) is 2. The van der Waals surface area contributed by atoms with E-state index < -0.39 is 0 Å². The molecule has 1 amide bonds. The molecule has 0 radical (unpaired) electrons. The van der Waals surface area contributed by atoms with Crippen LogP contribution in [0.15, 0.2) is 53.0 Å². The van der Waals surface area contributed by atoms with E-state index in [2.05, 4.69) is 21.2 Å². The van der Waals surface area contributed by atoms with E-state index >= 15 is 0 Å². The molecule has 2 rings (SSSR count). The molecule has 114 valence electrons. The largest absolute Gasteiger partial charge is 0.496 e. The van der Waals surface area contributed by atoms with E-state index in [4.69, 9.17) is 9.47 Å². The molecule has 0 spiro atoms. The van der Waals surface area contributed by atoms with Crippen LogP contribution in [0.5, 0.6) is 11.5 Å². The Balaban J connectivity index is 2.13. The van der Waals surface area contributed by atoms with Crippen molar-refractivity contribution in [3.63, 3.8) is 0 Å². The second-order valence-electron chi connectivity index (χ2n) is 4.41. The first-order valence-electron chi connectivity index (χ1n) is 6.59. The molecule has 22 heavy (non-hydrogen) atoms. The summed E-state index contributed by atoms with van der Waals surface area (Å²) >= 11 is 3.40. The maximum absolute atomic E-state index is 12.0. The van der Waals surface area contributed by atoms with Gasteiger partial charge in [0.15, 0.2) is 0 Å². The van der Waals surface area contributed by atoms with Crippen LogP contribution in [-0.2, 0) is 4.79 Å². The molecule has 0 aliphatic heterocycles. The molecule has 0 fully saturated rings. The summed E-state index contributed by atoms with van der Waals surface area (Å²) in [5, 5.41) is 2.78. The number of anilines is 1. The average molecular weight is 362 g/mol. The van der Waals surface area contributed by atoms with Crippen molar-refractivity contribution in [1.82, 2.24) is 0 Å². The summed E-state index contributed by atoms with van der Waals surface area (Å²) in [6.07, 6.45) is 3.16. The monoisotopic (exact) mass is 361 g/mol. The van der Waals surface area contributed by atoms with Gasteiger partial charge in [-0.1, -0.05) is 28.1 Å². The zero-order valence-corrected chi connectivity index (χ0v) is 13.9. The molecular formula is C17H16BrNO3. The number of para-hydroxylation sites is 2. The third kappa shape index (κ3) is 4.11. The van der Waals surface area contributed by atoms with Gasteiger partial charge in [0.2, 0.25) is 5.91 Å². The van der Waals surface area contributed by atoms with Gasteiger partial charge in [-0.2, -0.15) is 0 Å². The van der Waals surface area contributed by atoms with Crippen molar-refractivity contribution >= 4 is 33.6 Å². The quantitative estimate of drug-likeness (QED) is 0.814. The lowest BCUT2D eigenvalue weighted by Crippen LogP contribution is -2.08. The van der Waals surface area contributed by atoms with Crippen LogP contribution in [-0.4, -0.2) is 20.1 Å². The van der Waals surface area contributed by atoms with Crippen molar-refractivity contribution in [3.8, 4) is 11.5 Å². The molecule has 2 aromatic rings. The molecule has 0 unspecified atom stereocenters. The van der Waals surface area contributed by atoms with E-state index in [1.54, 1.807) is 32.4 Å². The van der Waals surface area contributed by atoms with Crippen LogP contribution in [0.2, 0.25) is 0 Å². The fourth-order valence-corrected chi connectivity index (χ4v) is 2.30. The van der Waals surface area contributed by atoms with Crippen LogP contribution >= 0.6 is 15.9 Å². The number of hydrogen-bond donors (Lipinski definition) is 1. The van der Waals surface area contributed by atoms with Gasteiger partial charge in [-0.05, 0) is 36.4 Å². The lowest BCUT2D eigenvalue weighted by atomic mass is 10.2. The normalized spacial score (nSPS) is 10.5. The van der Waals surface area contributed by atoms with Gasteiger partial charge in [0.25, 0.3) is 0 Å². The van der Waals surface area contributed by atoms with Crippen LogP contribution in [0.1, 0.15) is 5.56 Å². The van der Waals surface area contributed by atoms with E-state index in [9.17, 15) is 4.79 Å². The summed E-state index contributed by atoms with van der Waals surface area (Å²) in [6, 6.07) is 12.8.